The van der Waals surface area contributed by atoms with Crippen LogP contribution in [-0.2, 0) is 4.79 Å². The van der Waals surface area contributed by atoms with E-state index in [-0.39, 0.29) is 6.04 Å². The molecule has 0 radical (unpaired) electrons. The molecule has 0 bridgehead atoms. The molecule has 0 saturated heterocycles. The summed E-state index contributed by atoms with van der Waals surface area (Å²) in [5.74, 6) is 0.446. The van der Waals surface area contributed by atoms with Crippen molar-refractivity contribution in [1.82, 2.24) is 5.32 Å². The fourth-order valence-electron chi connectivity index (χ4n) is 2.06. The van der Waals surface area contributed by atoms with E-state index in [1.165, 1.54) is 12.8 Å². The Morgan fingerprint density at radius 3 is 2.40 bits per heavy atom. The molecule has 1 aliphatic rings. The van der Waals surface area contributed by atoms with E-state index in [0.29, 0.717) is 12.0 Å². The van der Waals surface area contributed by atoms with Gasteiger partial charge in [0.25, 0.3) is 0 Å². The molecule has 1 fully saturated rings. The van der Waals surface area contributed by atoms with Gasteiger partial charge in [-0.1, -0.05) is 20.8 Å². The van der Waals surface area contributed by atoms with Crippen LogP contribution >= 0.6 is 0 Å². The Balaban J connectivity index is 2.44. The standard InChI is InChI=1S/C12H23NO2/c1-4-10(9-5-6-9)13-11(12(14)15)7-8(2)3/h8-11,13H,4-7H2,1-3H3,(H,14,15). The molecule has 3 heteroatoms. The topological polar surface area (TPSA) is 49.3 Å². The highest BCUT2D eigenvalue weighted by atomic mass is 16.4. The molecule has 0 aromatic rings. The molecule has 3 nitrogen and oxygen atoms in total. The molecule has 1 saturated carbocycles. The van der Waals surface area contributed by atoms with E-state index in [1.54, 1.807) is 0 Å². The number of aliphatic carboxylic acids is 1. The van der Waals surface area contributed by atoms with Crippen molar-refractivity contribution in [1.29, 1.82) is 0 Å². The summed E-state index contributed by atoms with van der Waals surface area (Å²) in [7, 11) is 0. The van der Waals surface area contributed by atoms with Crippen LogP contribution in [0.2, 0.25) is 0 Å². The highest BCUT2D eigenvalue weighted by molar-refractivity contribution is 5.73. The van der Waals surface area contributed by atoms with Crippen molar-refractivity contribution >= 4 is 5.97 Å². The molecule has 0 spiro atoms. The van der Waals surface area contributed by atoms with E-state index < -0.39 is 5.97 Å². The maximum atomic E-state index is 11.1. The van der Waals surface area contributed by atoms with Crippen LogP contribution in [0.25, 0.3) is 0 Å². The Morgan fingerprint density at radius 2 is 2.07 bits per heavy atom. The first-order valence-electron chi connectivity index (χ1n) is 6.03. The van der Waals surface area contributed by atoms with E-state index in [1.807, 2.05) is 0 Å². The minimum absolute atomic E-state index is 0.365. The third-order valence-electron chi connectivity index (χ3n) is 3.05. The minimum atomic E-state index is -0.706. The van der Waals surface area contributed by atoms with Crippen LogP contribution in [0, 0.1) is 11.8 Å². The largest absolute Gasteiger partial charge is 0.480 e. The van der Waals surface area contributed by atoms with Crippen LogP contribution in [-0.4, -0.2) is 23.2 Å². The SMILES string of the molecule is CCC(NC(CC(C)C)C(=O)O)C1CC1. The molecule has 2 atom stereocenters. The fraction of sp³-hybridized carbons (Fsp3) is 0.917. The lowest BCUT2D eigenvalue weighted by Gasteiger charge is -2.23. The van der Waals surface area contributed by atoms with Gasteiger partial charge in [-0.25, -0.2) is 0 Å². The van der Waals surface area contributed by atoms with Crippen LogP contribution < -0.4 is 5.32 Å². The quantitative estimate of drug-likeness (QED) is 0.682. The molecule has 88 valence electrons. The molecular formula is C12H23NO2. The Hall–Kier alpha value is -0.570. The molecular weight excluding hydrogens is 190 g/mol. The zero-order chi connectivity index (χ0) is 11.4. The summed E-state index contributed by atoms with van der Waals surface area (Å²) >= 11 is 0. The number of carbonyl (C=O) groups is 1. The highest BCUT2D eigenvalue weighted by Gasteiger charge is 2.32. The summed E-state index contributed by atoms with van der Waals surface area (Å²) in [4.78, 5) is 11.1. The van der Waals surface area contributed by atoms with Crippen molar-refractivity contribution in [3.63, 3.8) is 0 Å². The van der Waals surface area contributed by atoms with Gasteiger partial charge in [0.05, 0.1) is 0 Å². The number of carboxylic acids is 1. The van der Waals surface area contributed by atoms with Gasteiger partial charge in [0.2, 0.25) is 0 Å². The maximum Gasteiger partial charge on any atom is 0.320 e. The van der Waals surface area contributed by atoms with Gasteiger partial charge in [-0.3, -0.25) is 4.79 Å². The molecule has 2 N–H and O–H groups in total. The second-order valence-corrected chi connectivity index (χ2v) is 5.04. The molecule has 0 aliphatic heterocycles. The third-order valence-corrected chi connectivity index (χ3v) is 3.05. The molecule has 0 heterocycles. The van der Waals surface area contributed by atoms with Gasteiger partial charge in [0, 0.05) is 6.04 Å². The summed E-state index contributed by atoms with van der Waals surface area (Å²) in [5, 5.41) is 12.4. The van der Waals surface area contributed by atoms with Gasteiger partial charge in [-0.15, -0.1) is 0 Å². The third kappa shape index (κ3) is 4.20. The van der Waals surface area contributed by atoms with Crippen LogP contribution in [0.5, 0.6) is 0 Å². The summed E-state index contributed by atoms with van der Waals surface area (Å²) in [5.41, 5.74) is 0. The van der Waals surface area contributed by atoms with Gasteiger partial charge in [-0.05, 0) is 37.5 Å². The van der Waals surface area contributed by atoms with Gasteiger partial charge in [0.1, 0.15) is 6.04 Å². The van der Waals surface area contributed by atoms with E-state index in [0.717, 1.165) is 18.8 Å². The lowest BCUT2D eigenvalue weighted by Crippen LogP contribution is -2.44. The lowest BCUT2D eigenvalue weighted by atomic mass is 10.0. The van der Waals surface area contributed by atoms with Crippen LogP contribution in [0.3, 0.4) is 0 Å². The molecule has 1 rings (SSSR count). The van der Waals surface area contributed by atoms with Crippen molar-refractivity contribution in [2.45, 2.75) is 58.5 Å². The number of nitrogens with one attached hydrogen (secondary N) is 1. The van der Waals surface area contributed by atoms with Crippen molar-refractivity contribution < 1.29 is 9.90 Å². The number of hydrogen-bond acceptors (Lipinski definition) is 2. The molecule has 0 aromatic carbocycles. The number of carboxylic acid groups (broad SMARTS) is 1. The van der Waals surface area contributed by atoms with E-state index in [9.17, 15) is 4.79 Å². The normalized spacial score (nSPS) is 20.3. The lowest BCUT2D eigenvalue weighted by molar-refractivity contribution is -0.140. The second-order valence-electron chi connectivity index (χ2n) is 5.04. The zero-order valence-electron chi connectivity index (χ0n) is 9.99. The maximum absolute atomic E-state index is 11.1. The first-order chi connectivity index (χ1) is 7.04. The van der Waals surface area contributed by atoms with Gasteiger partial charge in [-0.2, -0.15) is 0 Å². The van der Waals surface area contributed by atoms with Crippen LogP contribution in [0.4, 0.5) is 0 Å². The molecule has 1 aliphatic carbocycles. The van der Waals surface area contributed by atoms with Crippen molar-refractivity contribution in [2.24, 2.45) is 11.8 Å². The first-order valence-corrected chi connectivity index (χ1v) is 6.03. The summed E-state index contributed by atoms with van der Waals surface area (Å²) in [6.45, 7) is 6.26. The fourth-order valence-corrected chi connectivity index (χ4v) is 2.06. The smallest absolute Gasteiger partial charge is 0.320 e. The van der Waals surface area contributed by atoms with Gasteiger partial charge < -0.3 is 10.4 Å². The Kier molecular flexibility index (Phi) is 4.58. The zero-order valence-corrected chi connectivity index (χ0v) is 9.99. The highest BCUT2D eigenvalue weighted by Crippen LogP contribution is 2.34. The van der Waals surface area contributed by atoms with Crippen molar-refractivity contribution in [3.05, 3.63) is 0 Å². The number of hydrogen-bond donors (Lipinski definition) is 2. The van der Waals surface area contributed by atoms with E-state index in [4.69, 9.17) is 5.11 Å². The first kappa shape index (κ1) is 12.5. The Bertz CT molecular complexity index is 212. The predicted octanol–water partition coefficient (Wildman–Crippen LogP) is 2.26. The Labute approximate surface area is 92.3 Å². The predicted molar refractivity (Wildman–Crippen MR) is 60.8 cm³/mol. The average Bonchev–Trinajstić information content (AvgIpc) is 2.94. The molecule has 15 heavy (non-hydrogen) atoms. The van der Waals surface area contributed by atoms with E-state index >= 15 is 0 Å². The molecule has 2 unspecified atom stereocenters. The molecule has 0 amide bonds. The van der Waals surface area contributed by atoms with Crippen molar-refractivity contribution in [2.75, 3.05) is 0 Å². The van der Waals surface area contributed by atoms with Crippen molar-refractivity contribution in [3.8, 4) is 0 Å². The number of rotatable bonds is 7. The summed E-state index contributed by atoms with van der Waals surface area (Å²) in [6.07, 6.45) is 4.28. The Morgan fingerprint density at radius 1 is 1.47 bits per heavy atom. The van der Waals surface area contributed by atoms with Gasteiger partial charge in [0.15, 0.2) is 0 Å². The van der Waals surface area contributed by atoms with Crippen LogP contribution in [0.1, 0.15) is 46.5 Å². The summed E-state index contributed by atoms with van der Waals surface area (Å²) < 4.78 is 0. The molecule has 0 aromatic heterocycles. The minimum Gasteiger partial charge on any atom is -0.480 e. The second kappa shape index (κ2) is 5.50. The van der Waals surface area contributed by atoms with E-state index in [2.05, 4.69) is 26.1 Å². The van der Waals surface area contributed by atoms with Gasteiger partial charge >= 0.3 is 5.97 Å². The monoisotopic (exact) mass is 213 g/mol. The summed E-state index contributed by atoms with van der Waals surface area (Å²) in [6, 6.07) is 0.0420. The van der Waals surface area contributed by atoms with Crippen LogP contribution in [0.15, 0.2) is 0 Å². The average molecular weight is 213 g/mol.